The van der Waals surface area contributed by atoms with E-state index >= 15 is 0 Å². The summed E-state index contributed by atoms with van der Waals surface area (Å²) in [7, 11) is -9.95. The SMILES string of the molecule is CCCCc1c(C(=O)c2ccc(F)c(S(=O)(=O)O)c2)ccc(F)c1S(=O)(=O)O. The van der Waals surface area contributed by atoms with Gasteiger partial charge in [-0.2, -0.15) is 16.8 Å². The largest absolute Gasteiger partial charge is 0.297 e. The molecule has 0 saturated carbocycles. The first-order chi connectivity index (χ1) is 12.9. The lowest BCUT2D eigenvalue weighted by molar-refractivity contribution is 0.103. The van der Waals surface area contributed by atoms with E-state index in [4.69, 9.17) is 4.55 Å². The molecule has 0 aromatic heterocycles. The molecule has 2 rings (SSSR count). The van der Waals surface area contributed by atoms with Crippen LogP contribution in [0.4, 0.5) is 8.78 Å². The van der Waals surface area contributed by atoms with Crippen molar-refractivity contribution in [2.75, 3.05) is 0 Å². The Bertz CT molecular complexity index is 1140. The summed E-state index contributed by atoms with van der Waals surface area (Å²) in [5.41, 5.74) is -0.942. The topological polar surface area (TPSA) is 126 Å². The van der Waals surface area contributed by atoms with E-state index in [0.717, 1.165) is 12.1 Å². The van der Waals surface area contributed by atoms with Crippen molar-refractivity contribution in [2.24, 2.45) is 0 Å². The van der Waals surface area contributed by atoms with Gasteiger partial charge in [-0.05, 0) is 48.7 Å². The van der Waals surface area contributed by atoms with Gasteiger partial charge in [0.2, 0.25) is 0 Å². The lowest BCUT2D eigenvalue weighted by Gasteiger charge is -2.14. The van der Waals surface area contributed by atoms with Gasteiger partial charge >= 0.3 is 0 Å². The van der Waals surface area contributed by atoms with Crippen molar-refractivity contribution < 1.29 is 39.5 Å². The van der Waals surface area contributed by atoms with Crippen LogP contribution in [0.3, 0.4) is 0 Å². The maximum absolute atomic E-state index is 14.1. The Morgan fingerprint density at radius 2 is 1.57 bits per heavy atom. The van der Waals surface area contributed by atoms with Crippen LogP contribution in [0.15, 0.2) is 40.1 Å². The van der Waals surface area contributed by atoms with Gasteiger partial charge in [-0.1, -0.05) is 13.3 Å². The van der Waals surface area contributed by atoms with Crippen molar-refractivity contribution in [3.63, 3.8) is 0 Å². The number of hydrogen-bond donors (Lipinski definition) is 2. The predicted molar refractivity (Wildman–Crippen MR) is 94.5 cm³/mol. The predicted octanol–water partition coefficient (Wildman–Crippen LogP) is 3.03. The maximum Gasteiger partial charge on any atom is 0.297 e. The van der Waals surface area contributed by atoms with Crippen molar-refractivity contribution in [2.45, 2.75) is 36.0 Å². The van der Waals surface area contributed by atoms with Crippen LogP contribution in [0.5, 0.6) is 0 Å². The number of ketones is 1. The first-order valence-electron chi connectivity index (χ1n) is 7.98. The van der Waals surface area contributed by atoms with Crippen molar-refractivity contribution in [3.8, 4) is 0 Å². The number of halogens is 2. The number of carbonyl (C=O) groups excluding carboxylic acids is 1. The Kier molecular flexibility index (Phi) is 6.34. The van der Waals surface area contributed by atoms with Crippen molar-refractivity contribution in [3.05, 3.63) is 58.7 Å². The molecule has 0 bridgehead atoms. The van der Waals surface area contributed by atoms with Gasteiger partial charge in [-0.25, -0.2) is 8.78 Å². The van der Waals surface area contributed by atoms with E-state index < -0.39 is 47.4 Å². The Balaban J connectivity index is 2.73. The molecule has 152 valence electrons. The van der Waals surface area contributed by atoms with Crippen LogP contribution >= 0.6 is 0 Å². The minimum absolute atomic E-state index is 0.0587. The molecule has 7 nitrogen and oxygen atoms in total. The number of benzene rings is 2. The van der Waals surface area contributed by atoms with Gasteiger partial charge in [0.15, 0.2) is 5.78 Å². The van der Waals surface area contributed by atoms with Crippen LogP contribution in [-0.2, 0) is 26.7 Å². The zero-order valence-corrected chi connectivity index (χ0v) is 16.1. The molecular formula is C17H16F2O7S2. The Labute approximate surface area is 160 Å². The fraction of sp³-hybridized carbons (Fsp3) is 0.235. The van der Waals surface area contributed by atoms with Crippen LogP contribution in [0.1, 0.15) is 41.3 Å². The molecule has 0 aliphatic heterocycles. The van der Waals surface area contributed by atoms with Gasteiger partial charge < -0.3 is 0 Å². The molecule has 0 fully saturated rings. The van der Waals surface area contributed by atoms with Crippen molar-refractivity contribution >= 4 is 26.0 Å². The number of rotatable bonds is 7. The number of unbranched alkanes of at least 4 members (excludes halogenated alkanes) is 1. The number of carbonyl (C=O) groups is 1. The highest BCUT2D eigenvalue weighted by molar-refractivity contribution is 7.86. The lowest BCUT2D eigenvalue weighted by atomic mass is 9.95. The Hall–Kier alpha value is -2.21. The summed E-state index contributed by atoms with van der Waals surface area (Å²) in [5, 5.41) is 0. The van der Waals surface area contributed by atoms with Gasteiger partial charge in [0.25, 0.3) is 20.2 Å². The fourth-order valence-corrected chi connectivity index (χ4v) is 4.12. The van der Waals surface area contributed by atoms with Crippen LogP contribution < -0.4 is 0 Å². The van der Waals surface area contributed by atoms with E-state index in [2.05, 4.69) is 0 Å². The smallest absolute Gasteiger partial charge is 0.289 e. The van der Waals surface area contributed by atoms with Gasteiger partial charge in [0.05, 0.1) is 0 Å². The first kappa shape index (κ1) is 22.1. The van der Waals surface area contributed by atoms with E-state index in [1.807, 2.05) is 0 Å². The second-order valence-corrected chi connectivity index (χ2v) is 8.68. The third-order valence-corrected chi connectivity index (χ3v) is 5.79. The number of hydrogen-bond acceptors (Lipinski definition) is 5. The minimum atomic E-state index is -4.99. The average molecular weight is 434 g/mol. The second kappa shape index (κ2) is 8.03. The van der Waals surface area contributed by atoms with E-state index in [1.54, 1.807) is 6.92 Å². The van der Waals surface area contributed by atoms with Crippen molar-refractivity contribution in [1.82, 2.24) is 0 Å². The molecule has 0 saturated heterocycles. The Morgan fingerprint density at radius 3 is 2.11 bits per heavy atom. The molecule has 0 spiro atoms. The lowest BCUT2D eigenvalue weighted by Crippen LogP contribution is -2.14. The minimum Gasteiger partial charge on any atom is -0.289 e. The van der Waals surface area contributed by atoms with Gasteiger partial charge in [-0.15, -0.1) is 0 Å². The molecule has 2 aromatic rings. The highest BCUT2D eigenvalue weighted by atomic mass is 32.2. The standard InChI is InChI=1S/C17H16F2O7S2/c1-2-3-4-12-11(6-8-14(19)17(12)28(24,25)26)16(20)10-5-7-13(18)15(9-10)27(21,22)23/h5-9H,2-4H2,1H3,(H,21,22,23)(H,24,25,26). The molecule has 28 heavy (non-hydrogen) atoms. The van der Waals surface area contributed by atoms with Crippen LogP contribution in [-0.4, -0.2) is 31.7 Å². The van der Waals surface area contributed by atoms with Crippen LogP contribution in [0.25, 0.3) is 0 Å². The van der Waals surface area contributed by atoms with E-state index in [1.165, 1.54) is 0 Å². The molecule has 2 aromatic carbocycles. The highest BCUT2D eigenvalue weighted by Gasteiger charge is 2.27. The maximum atomic E-state index is 14.1. The molecule has 11 heteroatoms. The zero-order chi connectivity index (χ0) is 21.3. The summed E-state index contributed by atoms with van der Waals surface area (Å²) >= 11 is 0. The van der Waals surface area contributed by atoms with Crippen molar-refractivity contribution in [1.29, 1.82) is 0 Å². The molecule has 0 unspecified atom stereocenters. The summed E-state index contributed by atoms with van der Waals surface area (Å²) in [4.78, 5) is 10.6. The fourth-order valence-electron chi connectivity index (χ4n) is 2.69. The van der Waals surface area contributed by atoms with Crippen LogP contribution in [0, 0.1) is 11.6 Å². The monoisotopic (exact) mass is 434 g/mol. The summed E-state index contributed by atoms with van der Waals surface area (Å²) in [5.74, 6) is -3.47. The van der Waals surface area contributed by atoms with Gasteiger partial charge in [-0.3, -0.25) is 13.9 Å². The molecule has 0 aliphatic carbocycles. The third kappa shape index (κ3) is 4.61. The normalized spacial score (nSPS) is 12.2. The summed E-state index contributed by atoms with van der Waals surface area (Å²) in [6.45, 7) is 1.77. The van der Waals surface area contributed by atoms with Gasteiger partial charge in [0.1, 0.15) is 21.4 Å². The van der Waals surface area contributed by atoms with Gasteiger partial charge in [0, 0.05) is 11.1 Å². The van der Waals surface area contributed by atoms with Crippen LogP contribution in [0.2, 0.25) is 0 Å². The Morgan fingerprint density at radius 1 is 0.964 bits per heavy atom. The second-order valence-electron chi connectivity index (χ2n) is 5.93. The van der Waals surface area contributed by atoms with E-state index in [-0.39, 0.29) is 23.1 Å². The first-order valence-corrected chi connectivity index (χ1v) is 10.9. The molecule has 0 heterocycles. The molecular weight excluding hydrogens is 418 g/mol. The average Bonchev–Trinajstić information content (AvgIpc) is 2.57. The molecule has 2 N–H and O–H groups in total. The third-order valence-electron chi connectivity index (χ3n) is 3.97. The van der Waals surface area contributed by atoms with E-state index in [9.17, 15) is 35.0 Å². The summed E-state index contributed by atoms with van der Waals surface area (Å²) in [6.07, 6.45) is 0.876. The quantitative estimate of drug-likeness (QED) is 0.507. The molecule has 0 aliphatic rings. The molecule has 0 atom stereocenters. The molecule has 0 radical (unpaired) electrons. The summed E-state index contributed by atoms with van der Waals surface area (Å²) in [6, 6.07) is 3.85. The highest BCUT2D eigenvalue weighted by Crippen LogP contribution is 2.28. The molecule has 0 amide bonds. The zero-order valence-electron chi connectivity index (χ0n) is 14.5. The van der Waals surface area contributed by atoms with E-state index in [0.29, 0.717) is 31.0 Å². The summed E-state index contributed by atoms with van der Waals surface area (Å²) < 4.78 is 91.9.